The van der Waals surface area contributed by atoms with Crippen LogP contribution >= 0.6 is 23.2 Å². The van der Waals surface area contributed by atoms with E-state index in [1.165, 1.54) is 0 Å². The summed E-state index contributed by atoms with van der Waals surface area (Å²) in [5.41, 5.74) is 0.632. The molecule has 2 nitrogen and oxygen atoms in total. The predicted octanol–water partition coefficient (Wildman–Crippen LogP) is 3.42. The van der Waals surface area contributed by atoms with Crippen LogP contribution < -0.4 is 5.32 Å². The van der Waals surface area contributed by atoms with Gasteiger partial charge in [-0.1, -0.05) is 30.1 Å². The molecular formula is C14H17Cl2NO. The van der Waals surface area contributed by atoms with Crippen molar-refractivity contribution in [2.75, 3.05) is 6.54 Å². The van der Waals surface area contributed by atoms with E-state index in [4.69, 9.17) is 29.6 Å². The van der Waals surface area contributed by atoms with Gasteiger partial charge in [0, 0.05) is 34.6 Å². The van der Waals surface area contributed by atoms with Gasteiger partial charge in [0.15, 0.2) is 0 Å². The number of hydrogen-bond donors (Lipinski definition) is 2. The van der Waals surface area contributed by atoms with E-state index >= 15 is 0 Å². The standard InChI is InChI=1S/C14H17Cl2NO/c1-3-5-11(4-2)17-9-14(18)12-8-10(15)6-7-13(12)16/h1,6-8,11,14,17-18H,4-5,9H2,2H3. The first kappa shape index (κ1) is 15.3. The third-order valence-electron chi connectivity index (χ3n) is 2.77. The number of hydrogen-bond acceptors (Lipinski definition) is 2. The third kappa shape index (κ3) is 4.51. The average Bonchev–Trinajstić information content (AvgIpc) is 2.37. The first-order valence-electron chi connectivity index (χ1n) is 5.88. The molecule has 0 aromatic heterocycles. The van der Waals surface area contributed by atoms with Crippen molar-refractivity contribution in [3.63, 3.8) is 0 Å². The van der Waals surface area contributed by atoms with Gasteiger partial charge in [-0.15, -0.1) is 12.3 Å². The Morgan fingerprint density at radius 3 is 2.78 bits per heavy atom. The van der Waals surface area contributed by atoms with Crippen molar-refractivity contribution in [3.8, 4) is 12.3 Å². The molecule has 0 aliphatic heterocycles. The van der Waals surface area contributed by atoms with Crippen molar-refractivity contribution >= 4 is 23.2 Å². The van der Waals surface area contributed by atoms with Crippen LogP contribution in [0.3, 0.4) is 0 Å². The number of rotatable bonds is 6. The summed E-state index contributed by atoms with van der Waals surface area (Å²) in [7, 11) is 0. The molecule has 98 valence electrons. The Kier molecular flexibility index (Phi) is 6.52. The highest BCUT2D eigenvalue weighted by molar-refractivity contribution is 6.33. The van der Waals surface area contributed by atoms with Crippen molar-refractivity contribution in [1.29, 1.82) is 0 Å². The van der Waals surface area contributed by atoms with Gasteiger partial charge >= 0.3 is 0 Å². The molecule has 0 bridgehead atoms. The van der Waals surface area contributed by atoms with E-state index in [9.17, 15) is 5.11 Å². The molecule has 1 aromatic rings. The zero-order chi connectivity index (χ0) is 13.5. The predicted molar refractivity (Wildman–Crippen MR) is 77.0 cm³/mol. The van der Waals surface area contributed by atoms with Crippen LogP contribution in [-0.4, -0.2) is 17.7 Å². The van der Waals surface area contributed by atoms with Crippen LogP contribution in [0.15, 0.2) is 18.2 Å². The van der Waals surface area contributed by atoms with E-state index in [1.807, 2.05) is 6.92 Å². The lowest BCUT2D eigenvalue weighted by Crippen LogP contribution is -2.32. The quantitative estimate of drug-likeness (QED) is 0.785. The molecular weight excluding hydrogens is 269 g/mol. The molecule has 2 N–H and O–H groups in total. The maximum Gasteiger partial charge on any atom is 0.0929 e. The number of nitrogens with one attached hydrogen (secondary N) is 1. The van der Waals surface area contributed by atoms with Crippen LogP contribution in [-0.2, 0) is 0 Å². The van der Waals surface area contributed by atoms with Crippen LogP contribution in [0.25, 0.3) is 0 Å². The van der Waals surface area contributed by atoms with Gasteiger partial charge in [0.25, 0.3) is 0 Å². The summed E-state index contributed by atoms with van der Waals surface area (Å²) in [5.74, 6) is 2.61. The zero-order valence-corrected chi connectivity index (χ0v) is 11.8. The van der Waals surface area contributed by atoms with Crippen molar-refractivity contribution in [2.24, 2.45) is 0 Å². The van der Waals surface area contributed by atoms with Crippen molar-refractivity contribution in [1.82, 2.24) is 5.32 Å². The zero-order valence-electron chi connectivity index (χ0n) is 10.3. The number of halogens is 2. The Bertz CT molecular complexity index is 428. The molecule has 0 aliphatic carbocycles. The van der Waals surface area contributed by atoms with Gasteiger partial charge in [0.05, 0.1) is 6.10 Å². The maximum absolute atomic E-state index is 10.1. The highest BCUT2D eigenvalue weighted by Gasteiger charge is 2.13. The third-order valence-corrected chi connectivity index (χ3v) is 3.35. The van der Waals surface area contributed by atoms with Gasteiger partial charge in [-0.2, -0.15) is 0 Å². The van der Waals surface area contributed by atoms with Gasteiger partial charge in [-0.05, 0) is 24.6 Å². The molecule has 1 rings (SSSR count). The fourth-order valence-electron chi connectivity index (χ4n) is 1.66. The van der Waals surface area contributed by atoms with Crippen LogP contribution in [0.2, 0.25) is 10.0 Å². The molecule has 0 saturated heterocycles. The normalized spacial score (nSPS) is 13.9. The molecule has 4 heteroatoms. The van der Waals surface area contributed by atoms with Crippen molar-refractivity contribution < 1.29 is 5.11 Å². The van der Waals surface area contributed by atoms with Crippen LogP contribution in [0.5, 0.6) is 0 Å². The first-order chi connectivity index (χ1) is 8.58. The molecule has 0 spiro atoms. The fourth-order valence-corrected chi connectivity index (χ4v) is 2.09. The highest BCUT2D eigenvalue weighted by atomic mass is 35.5. The smallest absolute Gasteiger partial charge is 0.0929 e. The van der Waals surface area contributed by atoms with E-state index in [1.54, 1.807) is 18.2 Å². The fraction of sp³-hybridized carbons (Fsp3) is 0.429. The summed E-state index contributed by atoms with van der Waals surface area (Å²) in [4.78, 5) is 0. The Morgan fingerprint density at radius 1 is 1.44 bits per heavy atom. The van der Waals surface area contributed by atoms with Crippen LogP contribution in [0, 0.1) is 12.3 Å². The number of benzene rings is 1. The van der Waals surface area contributed by atoms with Gasteiger partial charge in [0.2, 0.25) is 0 Å². The van der Waals surface area contributed by atoms with Crippen LogP contribution in [0.1, 0.15) is 31.4 Å². The largest absolute Gasteiger partial charge is 0.387 e. The first-order valence-corrected chi connectivity index (χ1v) is 6.64. The molecule has 1 aromatic carbocycles. The van der Waals surface area contributed by atoms with Crippen LogP contribution in [0.4, 0.5) is 0 Å². The molecule has 0 heterocycles. The Labute approximate surface area is 118 Å². The van der Waals surface area contributed by atoms with E-state index < -0.39 is 6.10 Å². The lowest BCUT2D eigenvalue weighted by atomic mass is 10.1. The lowest BCUT2D eigenvalue weighted by Gasteiger charge is -2.18. The monoisotopic (exact) mass is 285 g/mol. The van der Waals surface area contributed by atoms with E-state index in [-0.39, 0.29) is 6.04 Å². The molecule has 0 radical (unpaired) electrons. The molecule has 2 unspecified atom stereocenters. The average molecular weight is 286 g/mol. The number of aliphatic hydroxyl groups excluding tert-OH is 1. The second-order valence-electron chi connectivity index (χ2n) is 4.10. The molecule has 2 atom stereocenters. The van der Waals surface area contributed by atoms with E-state index in [0.29, 0.717) is 28.6 Å². The van der Waals surface area contributed by atoms with Gasteiger partial charge in [0.1, 0.15) is 0 Å². The topological polar surface area (TPSA) is 32.3 Å². The molecule has 0 fully saturated rings. The van der Waals surface area contributed by atoms with Gasteiger partial charge in [-0.3, -0.25) is 0 Å². The summed E-state index contributed by atoms with van der Waals surface area (Å²) < 4.78 is 0. The Hall–Kier alpha value is -0.720. The van der Waals surface area contributed by atoms with Gasteiger partial charge in [-0.25, -0.2) is 0 Å². The minimum atomic E-state index is -0.692. The second kappa shape index (κ2) is 7.66. The Balaban J connectivity index is 2.62. The summed E-state index contributed by atoms with van der Waals surface area (Å²) >= 11 is 11.9. The lowest BCUT2D eigenvalue weighted by molar-refractivity contribution is 0.169. The molecule has 0 aliphatic rings. The summed E-state index contributed by atoms with van der Waals surface area (Å²) in [5, 5.41) is 14.4. The van der Waals surface area contributed by atoms with E-state index in [0.717, 1.165) is 6.42 Å². The minimum absolute atomic E-state index is 0.211. The summed E-state index contributed by atoms with van der Waals surface area (Å²) in [6.45, 7) is 2.45. The number of aliphatic hydroxyl groups is 1. The SMILES string of the molecule is C#CCC(CC)NCC(O)c1cc(Cl)ccc1Cl. The molecule has 0 saturated carbocycles. The molecule has 18 heavy (non-hydrogen) atoms. The van der Waals surface area contributed by atoms with Crippen molar-refractivity contribution in [3.05, 3.63) is 33.8 Å². The number of terminal acetylenes is 1. The molecule has 0 amide bonds. The van der Waals surface area contributed by atoms with E-state index in [2.05, 4.69) is 11.2 Å². The van der Waals surface area contributed by atoms with Gasteiger partial charge < -0.3 is 10.4 Å². The second-order valence-corrected chi connectivity index (χ2v) is 4.95. The maximum atomic E-state index is 10.1. The minimum Gasteiger partial charge on any atom is -0.387 e. The highest BCUT2D eigenvalue weighted by Crippen LogP contribution is 2.26. The summed E-state index contributed by atoms with van der Waals surface area (Å²) in [6.07, 6.45) is 6.15. The summed E-state index contributed by atoms with van der Waals surface area (Å²) in [6, 6.07) is 5.27. The van der Waals surface area contributed by atoms with Crippen molar-refractivity contribution in [2.45, 2.75) is 31.9 Å². The Morgan fingerprint density at radius 2 is 2.17 bits per heavy atom.